The Kier molecular flexibility index (Phi) is 4.17. The van der Waals surface area contributed by atoms with Gasteiger partial charge in [-0.05, 0) is 54.1 Å². The van der Waals surface area contributed by atoms with Gasteiger partial charge < -0.3 is 9.84 Å². The van der Waals surface area contributed by atoms with Crippen molar-refractivity contribution < 1.29 is 9.32 Å². The number of hydrogen-bond acceptors (Lipinski definition) is 7. The molecule has 1 N–H and O–H groups in total. The lowest BCUT2D eigenvalue weighted by molar-refractivity contribution is 0.101. The quantitative estimate of drug-likeness (QED) is 0.594. The largest absolute Gasteiger partial charge is 0.355 e. The average molecular weight is 361 g/mol. The Morgan fingerprint density at radius 2 is 2.07 bits per heavy atom. The van der Waals surface area contributed by atoms with Gasteiger partial charge in [-0.3, -0.25) is 9.78 Å². The fraction of sp³-hybridized carbons (Fsp3) is 0.111. The smallest absolute Gasteiger partial charge is 0.277 e. The van der Waals surface area contributed by atoms with E-state index in [-0.39, 0.29) is 11.6 Å². The molecule has 134 valence electrons. The Morgan fingerprint density at radius 3 is 2.81 bits per heavy atom. The number of aromatic nitrogens is 6. The number of tetrazole rings is 1. The number of carbonyl (C=O) groups is 1. The molecule has 0 spiro atoms. The van der Waals surface area contributed by atoms with Crippen molar-refractivity contribution in [2.75, 3.05) is 5.32 Å². The van der Waals surface area contributed by atoms with Gasteiger partial charge in [0.15, 0.2) is 17.3 Å². The topological polar surface area (TPSA) is 112 Å². The normalized spacial score (nSPS) is 10.7. The molecule has 9 nitrogen and oxygen atoms in total. The van der Waals surface area contributed by atoms with E-state index in [0.29, 0.717) is 17.3 Å². The van der Waals surface area contributed by atoms with E-state index in [9.17, 15) is 4.79 Å². The summed E-state index contributed by atoms with van der Waals surface area (Å²) in [7, 11) is 0. The van der Waals surface area contributed by atoms with Gasteiger partial charge in [0.25, 0.3) is 5.91 Å². The van der Waals surface area contributed by atoms with Crippen molar-refractivity contribution in [3.8, 4) is 17.0 Å². The number of carbonyl (C=O) groups excluding carboxylic acids is 1. The maximum atomic E-state index is 12.5. The number of nitrogens with one attached hydrogen (secondary N) is 1. The van der Waals surface area contributed by atoms with Crippen LogP contribution in [0.4, 0.5) is 5.69 Å². The monoisotopic (exact) mass is 361 g/mol. The molecule has 0 fully saturated rings. The molecule has 3 heterocycles. The number of anilines is 1. The minimum absolute atomic E-state index is 0.176. The summed E-state index contributed by atoms with van der Waals surface area (Å²) in [5.74, 6) is 0.749. The Hall–Kier alpha value is -3.88. The fourth-order valence-electron chi connectivity index (χ4n) is 2.59. The van der Waals surface area contributed by atoms with E-state index in [1.54, 1.807) is 48.3 Å². The number of aryl methyl sites for hydroxylation is 2. The van der Waals surface area contributed by atoms with Crippen LogP contribution in [0.25, 0.3) is 17.0 Å². The predicted molar refractivity (Wildman–Crippen MR) is 96.3 cm³/mol. The first-order chi connectivity index (χ1) is 13.1. The summed E-state index contributed by atoms with van der Waals surface area (Å²) in [6.45, 7) is 3.75. The molecule has 4 rings (SSSR count). The number of hydrogen-bond donors (Lipinski definition) is 1. The molecule has 0 atom stereocenters. The van der Waals surface area contributed by atoms with Gasteiger partial charge in [0.2, 0.25) is 0 Å². The van der Waals surface area contributed by atoms with Crippen LogP contribution < -0.4 is 5.32 Å². The number of pyridine rings is 1. The third-order valence-corrected chi connectivity index (χ3v) is 4.01. The molecule has 0 aliphatic heterocycles. The van der Waals surface area contributed by atoms with Crippen LogP contribution in [0.15, 0.2) is 53.3 Å². The number of amides is 1. The van der Waals surface area contributed by atoms with Crippen LogP contribution in [0.3, 0.4) is 0 Å². The summed E-state index contributed by atoms with van der Waals surface area (Å²) in [5.41, 5.74) is 3.28. The molecule has 0 radical (unpaired) electrons. The predicted octanol–water partition coefficient (Wildman–Crippen LogP) is 2.58. The van der Waals surface area contributed by atoms with Crippen molar-refractivity contribution in [3.05, 3.63) is 65.9 Å². The van der Waals surface area contributed by atoms with Crippen LogP contribution in [0.2, 0.25) is 0 Å². The summed E-state index contributed by atoms with van der Waals surface area (Å²) in [6.07, 6.45) is 3.30. The molecular formula is C18H15N7O2. The number of rotatable bonds is 4. The van der Waals surface area contributed by atoms with Gasteiger partial charge in [-0.2, -0.15) is 4.68 Å². The van der Waals surface area contributed by atoms with E-state index >= 15 is 0 Å². The van der Waals surface area contributed by atoms with E-state index < -0.39 is 0 Å². The Labute approximate surface area is 154 Å². The van der Waals surface area contributed by atoms with Crippen molar-refractivity contribution >= 4 is 11.6 Å². The standard InChI is InChI=1S/C18H15N7O2/c1-11-5-6-14(8-16(11)25-12(2)21-23-24-25)20-18(26)15-9-17(27-22-15)13-4-3-7-19-10-13/h3-10H,1-2H3,(H,20,26). The summed E-state index contributed by atoms with van der Waals surface area (Å²) >= 11 is 0. The highest BCUT2D eigenvalue weighted by Crippen LogP contribution is 2.22. The summed E-state index contributed by atoms with van der Waals surface area (Å²) in [4.78, 5) is 16.5. The van der Waals surface area contributed by atoms with Gasteiger partial charge in [-0.25, -0.2) is 0 Å². The van der Waals surface area contributed by atoms with Crippen LogP contribution >= 0.6 is 0 Å². The van der Waals surface area contributed by atoms with E-state index in [0.717, 1.165) is 16.8 Å². The highest BCUT2D eigenvalue weighted by atomic mass is 16.5. The zero-order chi connectivity index (χ0) is 18.8. The second-order valence-corrected chi connectivity index (χ2v) is 5.91. The van der Waals surface area contributed by atoms with E-state index in [1.807, 2.05) is 19.1 Å². The van der Waals surface area contributed by atoms with Gasteiger partial charge in [-0.1, -0.05) is 11.2 Å². The van der Waals surface area contributed by atoms with Gasteiger partial charge in [0, 0.05) is 29.7 Å². The second-order valence-electron chi connectivity index (χ2n) is 5.91. The molecule has 1 amide bonds. The molecule has 0 aliphatic carbocycles. The molecule has 0 saturated carbocycles. The fourth-order valence-corrected chi connectivity index (χ4v) is 2.59. The zero-order valence-electron chi connectivity index (χ0n) is 14.6. The SMILES string of the molecule is Cc1ccc(NC(=O)c2cc(-c3cccnc3)on2)cc1-n1nnnc1C. The van der Waals surface area contributed by atoms with E-state index in [1.165, 1.54) is 0 Å². The van der Waals surface area contributed by atoms with Crippen LogP contribution in [0, 0.1) is 13.8 Å². The molecule has 9 heteroatoms. The van der Waals surface area contributed by atoms with Gasteiger partial charge in [-0.15, -0.1) is 5.10 Å². The summed E-state index contributed by atoms with van der Waals surface area (Å²) in [5, 5.41) is 18.2. The minimum atomic E-state index is -0.378. The Morgan fingerprint density at radius 1 is 1.19 bits per heavy atom. The molecular weight excluding hydrogens is 346 g/mol. The van der Waals surface area contributed by atoms with Crippen molar-refractivity contribution in [2.24, 2.45) is 0 Å². The Bertz CT molecular complexity index is 1100. The maximum Gasteiger partial charge on any atom is 0.277 e. The molecule has 1 aromatic carbocycles. The Balaban J connectivity index is 1.57. The lowest BCUT2D eigenvalue weighted by atomic mass is 10.1. The van der Waals surface area contributed by atoms with Crippen molar-refractivity contribution in [2.45, 2.75) is 13.8 Å². The van der Waals surface area contributed by atoms with E-state index in [2.05, 4.69) is 31.0 Å². The lowest BCUT2D eigenvalue weighted by Gasteiger charge is -2.09. The third kappa shape index (κ3) is 3.30. The molecule has 0 saturated heterocycles. The highest BCUT2D eigenvalue weighted by molar-refractivity contribution is 6.03. The van der Waals surface area contributed by atoms with Crippen LogP contribution in [0.1, 0.15) is 21.9 Å². The van der Waals surface area contributed by atoms with Crippen LogP contribution in [-0.4, -0.2) is 36.3 Å². The van der Waals surface area contributed by atoms with Crippen molar-refractivity contribution in [1.82, 2.24) is 30.3 Å². The number of benzene rings is 1. The summed E-state index contributed by atoms with van der Waals surface area (Å²) < 4.78 is 6.86. The summed E-state index contributed by atoms with van der Waals surface area (Å²) in [6, 6.07) is 10.7. The highest BCUT2D eigenvalue weighted by Gasteiger charge is 2.15. The van der Waals surface area contributed by atoms with Gasteiger partial charge in [0.05, 0.1) is 5.69 Å². The molecule has 0 aliphatic rings. The van der Waals surface area contributed by atoms with Crippen molar-refractivity contribution in [3.63, 3.8) is 0 Å². The van der Waals surface area contributed by atoms with Gasteiger partial charge in [0.1, 0.15) is 0 Å². The first kappa shape index (κ1) is 16.6. The van der Waals surface area contributed by atoms with Crippen LogP contribution in [0.5, 0.6) is 0 Å². The minimum Gasteiger partial charge on any atom is -0.355 e. The first-order valence-corrected chi connectivity index (χ1v) is 8.16. The second kappa shape index (κ2) is 6.79. The molecule has 27 heavy (non-hydrogen) atoms. The first-order valence-electron chi connectivity index (χ1n) is 8.16. The van der Waals surface area contributed by atoms with E-state index in [4.69, 9.17) is 4.52 Å². The lowest BCUT2D eigenvalue weighted by Crippen LogP contribution is -2.13. The average Bonchev–Trinajstić information content (AvgIpc) is 3.33. The number of nitrogens with zero attached hydrogens (tertiary/aromatic N) is 6. The zero-order valence-corrected chi connectivity index (χ0v) is 14.6. The van der Waals surface area contributed by atoms with Crippen molar-refractivity contribution in [1.29, 1.82) is 0 Å². The molecule has 3 aromatic heterocycles. The molecule has 4 aromatic rings. The maximum absolute atomic E-state index is 12.5. The molecule has 0 bridgehead atoms. The van der Waals surface area contributed by atoms with Crippen LogP contribution in [-0.2, 0) is 0 Å². The third-order valence-electron chi connectivity index (χ3n) is 4.01. The van der Waals surface area contributed by atoms with Gasteiger partial charge >= 0.3 is 0 Å². The molecule has 0 unspecified atom stereocenters.